The minimum absolute atomic E-state index is 0.120. The van der Waals surface area contributed by atoms with Crippen LogP contribution in [0.25, 0.3) is 0 Å². The molecule has 0 fully saturated rings. The molecule has 0 aromatic rings. The first-order valence-electron chi connectivity index (χ1n) is 6.74. The molecule has 0 amide bonds. The second-order valence-corrected chi connectivity index (χ2v) is 4.23. The zero-order valence-corrected chi connectivity index (χ0v) is 12.5. The Bertz CT molecular complexity index is 315. The molecule has 1 unspecified atom stereocenters. The van der Waals surface area contributed by atoms with Crippen LogP contribution >= 0.6 is 0 Å². The van der Waals surface area contributed by atoms with Crippen molar-refractivity contribution in [3.63, 3.8) is 0 Å². The van der Waals surface area contributed by atoms with Crippen LogP contribution in [-0.4, -0.2) is 50.1 Å². The fourth-order valence-electron chi connectivity index (χ4n) is 1.49. The van der Waals surface area contributed by atoms with Gasteiger partial charge in [-0.15, -0.1) is 0 Å². The summed E-state index contributed by atoms with van der Waals surface area (Å²) >= 11 is 0. The summed E-state index contributed by atoms with van der Waals surface area (Å²) < 4.78 is 15.9. The van der Waals surface area contributed by atoms with Gasteiger partial charge in [0.2, 0.25) is 0 Å². The zero-order valence-electron chi connectivity index (χ0n) is 12.5. The largest absolute Gasteiger partial charge is 0.624 e. The first kappa shape index (κ1) is 18.6. The molecule has 0 aliphatic rings. The molecule has 0 aliphatic carbocycles. The standard InChI is InChI=1S/C14H25NO5/c1-4-7-14(20-12-18-3)8-10-15(17)9-5-6-11-19-13(2)16/h4,7,9,14H,5-6,8,10-12H2,1-3H3/b7-4+,15-9-. The summed E-state index contributed by atoms with van der Waals surface area (Å²) in [7, 11) is 1.56. The molecule has 0 aliphatic heterocycles. The van der Waals surface area contributed by atoms with Gasteiger partial charge in [0.05, 0.1) is 12.7 Å². The van der Waals surface area contributed by atoms with Crippen molar-refractivity contribution in [1.82, 2.24) is 0 Å². The SMILES string of the molecule is C/C=C/C(CC/[N+]([O-])=C/CCCOC(C)=O)OCOC. The Labute approximate surface area is 120 Å². The minimum Gasteiger partial charge on any atom is -0.624 e. The van der Waals surface area contributed by atoms with Crippen LogP contribution in [0.4, 0.5) is 0 Å². The fraction of sp³-hybridized carbons (Fsp3) is 0.714. The molecular formula is C14H25NO5. The van der Waals surface area contributed by atoms with Crippen LogP contribution < -0.4 is 0 Å². The van der Waals surface area contributed by atoms with Crippen LogP contribution in [0.3, 0.4) is 0 Å². The maximum absolute atomic E-state index is 11.6. The van der Waals surface area contributed by atoms with E-state index in [0.29, 0.717) is 32.4 Å². The monoisotopic (exact) mass is 287 g/mol. The summed E-state index contributed by atoms with van der Waals surface area (Å²) in [6.07, 6.45) is 7.06. The van der Waals surface area contributed by atoms with E-state index < -0.39 is 0 Å². The molecular weight excluding hydrogens is 262 g/mol. The third-order valence-electron chi connectivity index (χ3n) is 2.43. The van der Waals surface area contributed by atoms with Crippen molar-refractivity contribution in [1.29, 1.82) is 0 Å². The van der Waals surface area contributed by atoms with Crippen molar-refractivity contribution < 1.29 is 23.7 Å². The van der Waals surface area contributed by atoms with E-state index in [4.69, 9.17) is 14.2 Å². The first-order valence-corrected chi connectivity index (χ1v) is 6.74. The van der Waals surface area contributed by atoms with Crippen LogP contribution in [-0.2, 0) is 19.0 Å². The van der Waals surface area contributed by atoms with Gasteiger partial charge in [-0.25, -0.2) is 4.74 Å². The van der Waals surface area contributed by atoms with Crippen molar-refractivity contribution >= 4 is 12.2 Å². The summed E-state index contributed by atoms with van der Waals surface area (Å²) in [5.41, 5.74) is 0. The van der Waals surface area contributed by atoms with Crippen LogP contribution in [0.2, 0.25) is 0 Å². The Morgan fingerprint density at radius 2 is 2.20 bits per heavy atom. The van der Waals surface area contributed by atoms with Gasteiger partial charge in [-0.2, -0.15) is 0 Å². The Kier molecular flexibility index (Phi) is 11.7. The average molecular weight is 287 g/mol. The lowest BCUT2D eigenvalue weighted by Crippen LogP contribution is -2.18. The Balaban J connectivity index is 3.86. The van der Waals surface area contributed by atoms with E-state index >= 15 is 0 Å². The van der Waals surface area contributed by atoms with Crippen molar-refractivity contribution in [2.45, 2.75) is 39.2 Å². The molecule has 0 spiro atoms. The molecule has 0 radical (unpaired) electrons. The predicted molar refractivity (Wildman–Crippen MR) is 76.6 cm³/mol. The van der Waals surface area contributed by atoms with Gasteiger partial charge in [0.25, 0.3) is 0 Å². The van der Waals surface area contributed by atoms with Crippen molar-refractivity contribution in [3.05, 3.63) is 17.4 Å². The molecule has 0 aromatic heterocycles. The number of carbonyl (C=O) groups excluding carboxylic acids is 1. The average Bonchev–Trinajstić information content (AvgIpc) is 2.41. The number of allylic oxidation sites excluding steroid dienone is 1. The normalized spacial score (nSPS) is 13.7. The van der Waals surface area contributed by atoms with Crippen LogP contribution in [0.1, 0.15) is 33.1 Å². The molecule has 0 saturated carbocycles. The number of ether oxygens (including phenoxy) is 3. The van der Waals surface area contributed by atoms with Gasteiger partial charge in [-0.3, -0.25) is 4.79 Å². The summed E-state index contributed by atoms with van der Waals surface area (Å²) in [4.78, 5) is 10.5. The van der Waals surface area contributed by atoms with Gasteiger partial charge in [0.1, 0.15) is 6.79 Å². The lowest BCUT2D eigenvalue weighted by atomic mass is 10.2. The van der Waals surface area contributed by atoms with E-state index in [0.717, 1.165) is 4.74 Å². The van der Waals surface area contributed by atoms with Gasteiger partial charge in [0.15, 0.2) is 12.8 Å². The van der Waals surface area contributed by atoms with Crippen molar-refractivity contribution in [3.8, 4) is 0 Å². The number of hydrogen-bond acceptors (Lipinski definition) is 5. The summed E-state index contributed by atoms with van der Waals surface area (Å²) in [6, 6.07) is 0. The highest BCUT2D eigenvalue weighted by molar-refractivity contribution is 5.65. The third-order valence-corrected chi connectivity index (χ3v) is 2.43. The third kappa shape index (κ3) is 11.7. The first-order chi connectivity index (χ1) is 9.60. The van der Waals surface area contributed by atoms with Crippen LogP contribution in [0, 0.1) is 5.21 Å². The summed E-state index contributed by atoms with van der Waals surface area (Å²) in [5.74, 6) is -0.298. The molecule has 20 heavy (non-hydrogen) atoms. The number of methoxy groups -OCH3 is 1. The van der Waals surface area contributed by atoms with E-state index in [1.54, 1.807) is 13.3 Å². The molecule has 6 nitrogen and oxygen atoms in total. The van der Waals surface area contributed by atoms with Gasteiger partial charge in [-0.05, 0) is 13.3 Å². The topological polar surface area (TPSA) is 70.8 Å². The smallest absolute Gasteiger partial charge is 0.302 e. The summed E-state index contributed by atoms with van der Waals surface area (Å²) in [6.45, 7) is 4.17. The van der Waals surface area contributed by atoms with E-state index in [2.05, 4.69) is 0 Å². The van der Waals surface area contributed by atoms with E-state index in [-0.39, 0.29) is 18.9 Å². The molecule has 116 valence electrons. The predicted octanol–water partition coefficient (Wildman–Crippen LogP) is 1.87. The van der Waals surface area contributed by atoms with Crippen LogP contribution in [0.5, 0.6) is 0 Å². The number of hydrogen-bond donors (Lipinski definition) is 0. The second-order valence-electron chi connectivity index (χ2n) is 4.23. The molecule has 0 bridgehead atoms. The Morgan fingerprint density at radius 1 is 1.45 bits per heavy atom. The Hall–Kier alpha value is -1.40. The summed E-state index contributed by atoms with van der Waals surface area (Å²) in [5, 5.41) is 11.6. The highest BCUT2D eigenvalue weighted by Crippen LogP contribution is 2.01. The highest BCUT2D eigenvalue weighted by Gasteiger charge is 2.07. The highest BCUT2D eigenvalue weighted by atomic mass is 16.7. The van der Waals surface area contributed by atoms with E-state index in [1.807, 2.05) is 19.1 Å². The molecule has 0 rings (SSSR count). The quantitative estimate of drug-likeness (QED) is 0.0848. The molecule has 0 heterocycles. The van der Waals surface area contributed by atoms with Gasteiger partial charge in [0, 0.05) is 26.9 Å². The van der Waals surface area contributed by atoms with Gasteiger partial charge in [-0.1, -0.05) is 12.2 Å². The molecule has 6 heteroatoms. The number of hydroxylamine groups is 1. The molecule has 1 atom stereocenters. The Morgan fingerprint density at radius 3 is 2.80 bits per heavy atom. The fourth-order valence-corrected chi connectivity index (χ4v) is 1.49. The molecule has 0 N–H and O–H groups in total. The van der Waals surface area contributed by atoms with Gasteiger partial charge < -0.3 is 19.4 Å². The second kappa shape index (κ2) is 12.6. The lowest BCUT2D eigenvalue weighted by Gasteiger charge is -2.13. The number of esters is 1. The van der Waals surface area contributed by atoms with Crippen molar-refractivity contribution in [2.75, 3.05) is 27.1 Å². The minimum atomic E-state index is -0.298. The lowest BCUT2D eigenvalue weighted by molar-refractivity contribution is -0.456. The number of rotatable bonds is 11. The maximum atomic E-state index is 11.6. The number of unbranched alkanes of at least 4 members (excludes halogenated alkanes) is 1. The van der Waals surface area contributed by atoms with Gasteiger partial charge >= 0.3 is 5.97 Å². The van der Waals surface area contributed by atoms with E-state index in [1.165, 1.54) is 6.92 Å². The number of carbonyl (C=O) groups is 1. The van der Waals surface area contributed by atoms with E-state index in [9.17, 15) is 10.0 Å². The zero-order chi connectivity index (χ0) is 15.2. The molecule has 0 aromatic carbocycles. The molecule has 0 saturated heterocycles. The number of nitrogens with zero attached hydrogens (tertiary/aromatic N) is 1. The van der Waals surface area contributed by atoms with Crippen molar-refractivity contribution in [2.24, 2.45) is 0 Å². The maximum Gasteiger partial charge on any atom is 0.302 e. The van der Waals surface area contributed by atoms with Crippen LogP contribution in [0.15, 0.2) is 12.2 Å².